The van der Waals surface area contributed by atoms with E-state index in [0.29, 0.717) is 6.20 Å². The maximum absolute atomic E-state index is 12.5. The highest BCUT2D eigenvalue weighted by Gasteiger charge is 2.30. The molecule has 3 rings (SSSR count). The average Bonchev–Trinajstić information content (AvgIpc) is 3.04. The van der Waals surface area contributed by atoms with E-state index in [1.807, 2.05) is 0 Å². The molecule has 3 aromatic rings. The highest BCUT2D eigenvalue weighted by molar-refractivity contribution is 6.10. The molecule has 24 heavy (non-hydrogen) atoms. The number of hydrogen-bond donors (Lipinski definition) is 1. The molecule has 1 N–H and O–H groups in total. The number of phenolic OH excluding ortho intramolecular Hbond substituents is 1. The number of hydrogen-bond acceptors (Lipinski definition) is 4. The summed E-state index contributed by atoms with van der Waals surface area (Å²) in [5, 5.41) is 13.6. The van der Waals surface area contributed by atoms with Gasteiger partial charge in [-0.3, -0.25) is 4.79 Å². The maximum Gasteiger partial charge on any atom is 0.417 e. The molecule has 0 aliphatic rings. The number of carbonyl (C=O) groups excluding carboxylic acids is 1. The van der Waals surface area contributed by atoms with Crippen LogP contribution in [0.15, 0.2) is 55.0 Å². The highest BCUT2D eigenvalue weighted by Crippen LogP contribution is 2.28. The minimum Gasteiger partial charge on any atom is -0.507 e. The molecule has 0 fully saturated rings. The Hall–Kier alpha value is -3.16. The van der Waals surface area contributed by atoms with Crippen LogP contribution in [0.5, 0.6) is 5.75 Å². The number of aromatic hydroxyl groups is 1. The first-order chi connectivity index (χ1) is 11.4. The molecule has 0 amide bonds. The Balaban J connectivity index is 1.88. The van der Waals surface area contributed by atoms with Gasteiger partial charge in [0.1, 0.15) is 5.75 Å². The summed E-state index contributed by atoms with van der Waals surface area (Å²) in [6.45, 7) is 0. The molecule has 0 atom stereocenters. The largest absolute Gasteiger partial charge is 0.507 e. The molecule has 0 unspecified atom stereocenters. The van der Waals surface area contributed by atoms with Crippen molar-refractivity contribution in [2.24, 2.45) is 0 Å². The normalized spacial score (nSPS) is 11.5. The molecule has 5 nitrogen and oxygen atoms in total. The van der Waals surface area contributed by atoms with E-state index in [-0.39, 0.29) is 22.7 Å². The summed E-state index contributed by atoms with van der Waals surface area (Å²) in [5.74, 6) is -0.478. The SMILES string of the molecule is O=C(c1cnn(-c2ccc(C(F)(F)F)cn2)c1)c1ccccc1O. The zero-order valence-electron chi connectivity index (χ0n) is 12.0. The van der Waals surface area contributed by atoms with Gasteiger partial charge in [-0.1, -0.05) is 12.1 Å². The lowest BCUT2D eigenvalue weighted by Crippen LogP contribution is -2.07. The summed E-state index contributed by atoms with van der Waals surface area (Å²) < 4.78 is 38.8. The zero-order valence-corrected chi connectivity index (χ0v) is 12.0. The van der Waals surface area contributed by atoms with Crippen LogP contribution in [0.4, 0.5) is 13.2 Å². The number of alkyl halides is 3. The summed E-state index contributed by atoms with van der Waals surface area (Å²) in [4.78, 5) is 16.0. The minimum absolute atomic E-state index is 0.109. The second-order valence-electron chi connectivity index (χ2n) is 4.92. The van der Waals surface area contributed by atoms with Crippen molar-refractivity contribution in [1.82, 2.24) is 14.8 Å². The Morgan fingerprint density at radius 3 is 2.46 bits per heavy atom. The third-order valence-corrected chi connectivity index (χ3v) is 3.30. The van der Waals surface area contributed by atoms with Gasteiger partial charge in [0.25, 0.3) is 0 Å². The fourth-order valence-electron chi connectivity index (χ4n) is 2.08. The van der Waals surface area contributed by atoms with Crippen molar-refractivity contribution in [1.29, 1.82) is 0 Å². The van der Waals surface area contributed by atoms with E-state index in [1.165, 1.54) is 29.2 Å². The second-order valence-corrected chi connectivity index (χ2v) is 4.92. The van der Waals surface area contributed by atoms with Crippen molar-refractivity contribution in [2.75, 3.05) is 0 Å². The van der Waals surface area contributed by atoms with Crippen LogP contribution in [0.2, 0.25) is 0 Å². The molecule has 0 saturated heterocycles. The van der Waals surface area contributed by atoms with Gasteiger partial charge in [-0.2, -0.15) is 18.3 Å². The monoisotopic (exact) mass is 333 g/mol. The van der Waals surface area contributed by atoms with Crippen LogP contribution in [0, 0.1) is 0 Å². The molecule has 2 aromatic heterocycles. The molecule has 0 saturated carbocycles. The van der Waals surface area contributed by atoms with E-state index in [1.54, 1.807) is 12.1 Å². The van der Waals surface area contributed by atoms with E-state index < -0.39 is 17.5 Å². The van der Waals surface area contributed by atoms with Crippen molar-refractivity contribution in [3.8, 4) is 11.6 Å². The Kier molecular flexibility index (Phi) is 3.80. The summed E-state index contributed by atoms with van der Waals surface area (Å²) in [6.07, 6.45) is -1.18. The van der Waals surface area contributed by atoms with E-state index in [2.05, 4.69) is 10.1 Å². The number of nitrogens with zero attached hydrogens (tertiary/aromatic N) is 3. The maximum atomic E-state index is 12.5. The Labute approximate surface area is 134 Å². The van der Waals surface area contributed by atoms with Gasteiger partial charge in [-0.15, -0.1) is 0 Å². The molecular formula is C16H10F3N3O2. The molecule has 8 heteroatoms. The van der Waals surface area contributed by atoms with Gasteiger partial charge >= 0.3 is 6.18 Å². The number of phenols is 1. The number of aromatic nitrogens is 3. The van der Waals surface area contributed by atoms with E-state index in [0.717, 1.165) is 12.1 Å². The average molecular weight is 333 g/mol. The number of rotatable bonds is 3. The van der Waals surface area contributed by atoms with Gasteiger partial charge in [0, 0.05) is 12.4 Å². The van der Waals surface area contributed by atoms with Crippen LogP contribution in [0.1, 0.15) is 21.5 Å². The molecular weight excluding hydrogens is 323 g/mol. The van der Waals surface area contributed by atoms with E-state index >= 15 is 0 Å². The quantitative estimate of drug-likeness (QED) is 0.747. The van der Waals surface area contributed by atoms with Gasteiger partial charge in [0.05, 0.1) is 22.9 Å². The molecule has 0 aliphatic heterocycles. The highest BCUT2D eigenvalue weighted by atomic mass is 19.4. The van der Waals surface area contributed by atoms with E-state index in [9.17, 15) is 23.1 Å². The first kappa shape index (κ1) is 15.7. The van der Waals surface area contributed by atoms with Crippen molar-refractivity contribution in [3.05, 3.63) is 71.7 Å². The Bertz CT molecular complexity index is 886. The van der Waals surface area contributed by atoms with Gasteiger partial charge in [0.2, 0.25) is 0 Å². The zero-order chi connectivity index (χ0) is 17.3. The van der Waals surface area contributed by atoms with Crippen LogP contribution < -0.4 is 0 Å². The van der Waals surface area contributed by atoms with Crippen LogP contribution >= 0.6 is 0 Å². The summed E-state index contributed by atoms with van der Waals surface area (Å²) in [5.41, 5.74) is -0.584. The lowest BCUT2D eigenvalue weighted by molar-refractivity contribution is -0.137. The van der Waals surface area contributed by atoms with Gasteiger partial charge < -0.3 is 5.11 Å². The lowest BCUT2D eigenvalue weighted by Gasteiger charge is -2.06. The Morgan fingerprint density at radius 2 is 1.83 bits per heavy atom. The first-order valence-electron chi connectivity index (χ1n) is 6.77. The van der Waals surface area contributed by atoms with Crippen LogP contribution in [0.25, 0.3) is 5.82 Å². The molecule has 0 spiro atoms. The molecule has 0 radical (unpaired) electrons. The molecule has 0 aliphatic carbocycles. The fraction of sp³-hybridized carbons (Fsp3) is 0.0625. The topological polar surface area (TPSA) is 68.0 Å². The Morgan fingerprint density at radius 1 is 1.08 bits per heavy atom. The fourth-order valence-corrected chi connectivity index (χ4v) is 2.08. The summed E-state index contributed by atoms with van der Waals surface area (Å²) in [6, 6.07) is 8.08. The molecule has 1 aromatic carbocycles. The van der Waals surface area contributed by atoms with Crippen molar-refractivity contribution in [3.63, 3.8) is 0 Å². The molecule has 0 bridgehead atoms. The first-order valence-corrected chi connectivity index (χ1v) is 6.77. The molecule has 122 valence electrons. The third-order valence-electron chi connectivity index (χ3n) is 3.30. The minimum atomic E-state index is -4.47. The van der Waals surface area contributed by atoms with Crippen molar-refractivity contribution < 1.29 is 23.1 Å². The van der Waals surface area contributed by atoms with Crippen molar-refractivity contribution in [2.45, 2.75) is 6.18 Å². The van der Waals surface area contributed by atoms with Crippen LogP contribution in [-0.2, 0) is 6.18 Å². The predicted molar refractivity (Wildman–Crippen MR) is 77.9 cm³/mol. The lowest BCUT2D eigenvalue weighted by atomic mass is 10.1. The van der Waals surface area contributed by atoms with Crippen LogP contribution in [0.3, 0.4) is 0 Å². The molecule has 2 heterocycles. The van der Waals surface area contributed by atoms with E-state index in [4.69, 9.17) is 0 Å². The summed E-state index contributed by atoms with van der Waals surface area (Å²) in [7, 11) is 0. The number of ketones is 1. The number of benzene rings is 1. The third kappa shape index (κ3) is 2.98. The smallest absolute Gasteiger partial charge is 0.417 e. The standard InChI is InChI=1S/C16H10F3N3O2/c17-16(18,19)11-5-6-14(20-8-11)22-9-10(7-21-22)15(24)12-3-1-2-4-13(12)23/h1-9,23H. The number of para-hydroxylation sites is 1. The van der Waals surface area contributed by atoms with Gasteiger partial charge in [-0.25, -0.2) is 9.67 Å². The number of halogens is 3. The number of pyridine rings is 1. The number of carbonyl (C=O) groups is 1. The second kappa shape index (κ2) is 5.80. The van der Waals surface area contributed by atoms with Crippen LogP contribution in [-0.4, -0.2) is 25.7 Å². The van der Waals surface area contributed by atoms with Gasteiger partial charge in [0.15, 0.2) is 11.6 Å². The van der Waals surface area contributed by atoms with Gasteiger partial charge in [-0.05, 0) is 24.3 Å². The summed E-state index contributed by atoms with van der Waals surface area (Å²) >= 11 is 0. The predicted octanol–water partition coefficient (Wildman–Crippen LogP) is 3.22. The van der Waals surface area contributed by atoms with Crippen molar-refractivity contribution >= 4 is 5.78 Å².